The summed E-state index contributed by atoms with van der Waals surface area (Å²) in [5.74, 6) is -0.00834. The Morgan fingerprint density at radius 3 is 2.59 bits per heavy atom. The summed E-state index contributed by atoms with van der Waals surface area (Å²) in [4.78, 5) is 29.4. The lowest BCUT2D eigenvalue weighted by molar-refractivity contribution is 0.470. The molecule has 3 aromatic heterocycles. The van der Waals surface area contributed by atoms with Crippen molar-refractivity contribution >= 4 is 22.0 Å². The van der Waals surface area contributed by atoms with Crippen LogP contribution in [0.3, 0.4) is 0 Å². The predicted octanol–water partition coefficient (Wildman–Crippen LogP) is 4.45. The monoisotopic (exact) mass is 427 g/mol. The number of aromatic hydroxyl groups is 1. The molecule has 2 N–H and O–H groups in total. The van der Waals surface area contributed by atoms with Crippen molar-refractivity contribution in [2.45, 2.75) is 26.7 Å². The molecule has 7 heteroatoms. The highest BCUT2D eigenvalue weighted by Gasteiger charge is 2.18. The predicted molar refractivity (Wildman–Crippen MR) is 124 cm³/mol. The van der Waals surface area contributed by atoms with Crippen LogP contribution in [0.2, 0.25) is 0 Å². The van der Waals surface area contributed by atoms with Gasteiger partial charge in [0.2, 0.25) is 0 Å². The number of phenols is 1. The standard InChI is InChI=1S/C25H21N3O4/c1-3-7-15-12-21(29)32-23-14(2)22(30)19(13-18(15)23)20-11-10-17-24(26-20)27-28(25(17)31)16-8-5-4-6-9-16/h4-6,8-13,30H,3,7H2,1-2H3,(H,26,27). The average Bonchev–Trinajstić information content (AvgIpc) is 3.13. The van der Waals surface area contributed by atoms with Gasteiger partial charge in [-0.2, -0.15) is 0 Å². The second-order valence-corrected chi connectivity index (χ2v) is 7.80. The zero-order valence-corrected chi connectivity index (χ0v) is 17.7. The van der Waals surface area contributed by atoms with Crippen molar-refractivity contribution in [3.05, 3.63) is 86.5 Å². The van der Waals surface area contributed by atoms with Gasteiger partial charge < -0.3 is 9.52 Å². The second-order valence-electron chi connectivity index (χ2n) is 7.80. The maximum absolute atomic E-state index is 12.8. The van der Waals surface area contributed by atoms with E-state index in [1.165, 1.54) is 10.7 Å². The van der Waals surface area contributed by atoms with Gasteiger partial charge in [0.25, 0.3) is 5.56 Å². The molecule has 0 spiro atoms. The number of phenolic OH excluding ortho intramolecular Hbond substituents is 1. The third-order valence-electron chi connectivity index (χ3n) is 5.68. The number of nitrogens with one attached hydrogen (secondary N) is 1. The Bertz CT molecular complexity index is 1590. The van der Waals surface area contributed by atoms with E-state index < -0.39 is 5.63 Å². The molecule has 2 aromatic carbocycles. The van der Waals surface area contributed by atoms with Crippen LogP contribution in [0.15, 0.2) is 68.6 Å². The van der Waals surface area contributed by atoms with E-state index in [1.807, 2.05) is 37.3 Å². The number of aromatic amines is 1. The molecule has 32 heavy (non-hydrogen) atoms. The van der Waals surface area contributed by atoms with Crippen LogP contribution < -0.4 is 11.2 Å². The summed E-state index contributed by atoms with van der Waals surface area (Å²) in [7, 11) is 0. The van der Waals surface area contributed by atoms with Gasteiger partial charge in [0.05, 0.1) is 16.8 Å². The molecule has 0 aliphatic rings. The quantitative estimate of drug-likeness (QED) is 0.413. The van der Waals surface area contributed by atoms with E-state index in [2.05, 4.69) is 10.1 Å². The number of pyridine rings is 1. The lowest BCUT2D eigenvalue weighted by Crippen LogP contribution is -2.13. The van der Waals surface area contributed by atoms with E-state index in [4.69, 9.17) is 4.42 Å². The van der Waals surface area contributed by atoms with Gasteiger partial charge in [-0.1, -0.05) is 31.5 Å². The van der Waals surface area contributed by atoms with Crippen LogP contribution in [0.5, 0.6) is 5.75 Å². The molecule has 7 nitrogen and oxygen atoms in total. The van der Waals surface area contributed by atoms with Crippen LogP contribution in [0.25, 0.3) is 38.9 Å². The summed E-state index contributed by atoms with van der Waals surface area (Å²) in [6.45, 7) is 3.75. The van der Waals surface area contributed by atoms with Crippen LogP contribution >= 0.6 is 0 Å². The molecular weight excluding hydrogens is 406 g/mol. The van der Waals surface area contributed by atoms with E-state index in [1.54, 1.807) is 25.1 Å². The molecule has 0 atom stereocenters. The Morgan fingerprint density at radius 2 is 1.84 bits per heavy atom. The first kappa shape index (κ1) is 19.8. The van der Waals surface area contributed by atoms with Crippen molar-refractivity contribution in [2.75, 3.05) is 0 Å². The van der Waals surface area contributed by atoms with Crippen LogP contribution in [-0.2, 0) is 6.42 Å². The van der Waals surface area contributed by atoms with E-state index in [0.717, 1.165) is 17.4 Å². The number of nitrogens with zero attached hydrogens (tertiary/aromatic N) is 2. The molecule has 0 radical (unpaired) electrons. The minimum Gasteiger partial charge on any atom is -0.507 e. The highest BCUT2D eigenvalue weighted by Crippen LogP contribution is 2.37. The fourth-order valence-corrected chi connectivity index (χ4v) is 4.08. The molecule has 160 valence electrons. The SMILES string of the molecule is CCCc1cc(=O)oc2c(C)c(O)c(-c3ccc4c(=O)n(-c5ccccc5)[nH]c4n3)cc12. The zero-order chi connectivity index (χ0) is 22.4. The number of fused-ring (bicyclic) bond motifs is 2. The Kier molecular flexibility index (Phi) is 4.66. The molecule has 0 fully saturated rings. The van der Waals surface area contributed by atoms with Crippen molar-refractivity contribution in [3.63, 3.8) is 0 Å². The van der Waals surface area contributed by atoms with Crippen LogP contribution in [0.1, 0.15) is 24.5 Å². The molecule has 0 saturated carbocycles. The maximum atomic E-state index is 12.8. The van der Waals surface area contributed by atoms with Crippen molar-refractivity contribution in [1.82, 2.24) is 14.8 Å². The number of H-pyrrole nitrogens is 1. The average molecular weight is 427 g/mol. The number of para-hydroxylation sites is 1. The van der Waals surface area contributed by atoms with Crippen LogP contribution in [0, 0.1) is 6.92 Å². The third kappa shape index (κ3) is 3.10. The number of benzene rings is 2. The lowest BCUT2D eigenvalue weighted by Gasteiger charge is -2.12. The molecule has 0 aliphatic carbocycles. The minimum atomic E-state index is -0.435. The third-order valence-corrected chi connectivity index (χ3v) is 5.68. The number of hydrogen-bond acceptors (Lipinski definition) is 5. The highest BCUT2D eigenvalue weighted by molar-refractivity contribution is 5.92. The molecular formula is C25H21N3O4. The van der Waals surface area contributed by atoms with E-state index >= 15 is 0 Å². The molecule has 0 aliphatic heterocycles. The minimum absolute atomic E-state index is 0.00834. The normalized spacial score (nSPS) is 11.4. The van der Waals surface area contributed by atoms with Crippen molar-refractivity contribution in [3.8, 4) is 22.7 Å². The van der Waals surface area contributed by atoms with Gasteiger partial charge in [0.1, 0.15) is 11.3 Å². The highest BCUT2D eigenvalue weighted by atomic mass is 16.4. The summed E-state index contributed by atoms with van der Waals surface area (Å²) >= 11 is 0. The largest absolute Gasteiger partial charge is 0.507 e. The Balaban J connectivity index is 1.73. The van der Waals surface area contributed by atoms with Gasteiger partial charge in [-0.3, -0.25) is 9.89 Å². The van der Waals surface area contributed by atoms with Crippen molar-refractivity contribution in [2.24, 2.45) is 0 Å². The molecule has 3 heterocycles. The number of aryl methyl sites for hydroxylation is 2. The van der Waals surface area contributed by atoms with Gasteiger partial charge in [0, 0.05) is 22.6 Å². The molecule has 5 aromatic rings. The summed E-state index contributed by atoms with van der Waals surface area (Å²) < 4.78 is 6.85. The topological polar surface area (TPSA) is 101 Å². The first-order valence-electron chi connectivity index (χ1n) is 10.4. The van der Waals surface area contributed by atoms with E-state index in [-0.39, 0.29) is 11.3 Å². The Morgan fingerprint density at radius 1 is 1.06 bits per heavy atom. The molecule has 5 rings (SSSR count). The first-order chi connectivity index (χ1) is 15.5. The van der Waals surface area contributed by atoms with Gasteiger partial charge in [0.15, 0.2) is 5.65 Å². The Labute approximate surface area is 182 Å². The summed E-state index contributed by atoms with van der Waals surface area (Å²) in [6.07, 6.45) is 1.58. The van der Waals surface area contributed by atoms with Gasteiger partial charge >= 0.3 is 5.63 Å². The smallest absolute Gasteiger partial charge is 0.336 e. The maximum Gasteiger partial charge on any atom is 0.336 e. The summed E-state index contributed by atoms with van der Waals surface area (Å²) in [5, 5.41) is 15.2. The van der Waals surface area contributed by atoms with E-state index in [9.17, 15) is 14.7 Å². The first-order valence-corrected chi connectivity index (χ1v) is 10.4. The molecule has 0 amide bonds. The van der Waals surface area contributed by atoms with E-state index in [0.29, 0.717) is 45.5 Å². The number of rotatable bonds is 4. The summed E-state index contributed by atoms with van der Waals surface area (Å²) in [6, 6.07) is 16.0. The second kappa shape index (κ2) is 7.53. The number of hydrogen-bond donors (Lipinski definition) is 2. The summed E-state index contributed by atoms with van der Waals surface area (Å²) in [5.41, 5.74) is 3.24. The lowest BCUT2D eigenvalue weighted by atomic mass is 9.98. The van der Waals surface area contributed by atoms with Crippen LogP contribution in [-0.4, -0.2) is 19.9 Å². The molecule has 0 bridgehead atoms. The Hall–Kier alpha value is -4.13. The van der Waals surface area contributed by atoms with Gasteiger partial charge in [-0.25, -0.2) is 14.5 Å². The zero-order valence-electron chi connectivity index (χ0n) is 17.7. The fourth-order valence-electron chi connectivity index (χ4n) is 4.08. The fraction of sp³-hybridized carbons (Fsp3) is 0.160. The van der Waals surface area contributed by atoms with Crippen LogP contribution in [0.4, 0.5) is 0 Å². The van der Waals surface area contributed by atoms with Crippen molar-refractivity contribution in [1.29, 1.82) is 0 Å². The number of aromatic nitrogens is 3. The van der Waals surface area contributed by atoms with Gasteiger partial charge in [-0.15, -0.1) is 0 Å². The molecule has 0 unspecified atom stereocenters. The van der Waals surface area contributed by atoms with Crippen molar-refractivity contribution < 1.29 is 9.52 Å². The molecule has 0 saturated heterocycles. The van der Waals surface area contributed by atoms with Gasteiger partial charge in [-0.05, 0) is 49.2 Å².